The van der Waals surface area contributed by atoms with Gasteiger partial charge in [0.05, 0.1) is 34.9 Å². The number of rotatable bonds is 11. The van der Waals surface area contributed by atoms with Crippen LogP contribution in [0.4, 0.5) is 22.8 Å². The topological polar surface area (TPSA) is 139 Å². The van der Waals surface area contributed by atoms with Gasteiger partial charge in [-0.05, 0) is 36.5 Å². The highest BCUT2D eigenvalue weighted by molar-refractivity contribution is 7.89. The summed E-state index contributed by atoms with van der Waals surface area (Å²) >= 11 is 0. The largest absolute Gasteiger partial charge is 0.447 e. The summed E-state index contributed by atoms with van der Waals surface area (Å²) in [5.74, 6) is -8.71. The molecule has 2 saturated heterocycles. The fourth-order valence-electron chi connectivity index (χ4n) is 5.80. The summed E-state index contributed by atoms with van der Waals surface area (Å²) in [4.78, 5) is 54.4. The molecule has 15 heteroatoms. The van der Waals surface area contributed by atoms with Crippen molar-refractivity contribution in [1.29, 1.82) is 0 Å². The van der Waals surface area contributed by atoms with Crippen molar-refractivity contribution in [3.05, 3.63) is 65.7 Å². The minimum absolute atomic E-state index is 0.0301. The maximum atomic E-state index is 15.3. The lowest BCUT2D eigenvalue weighted by atomic mass is 9.79. The van der Waals surface area contributed by atoms with Gasteiger partial charge in [-0.25, -0.2) is 32.5 Å². The van der Waals surface area contributed by atoms with Crippen LogP contribution < -0.4 is 4.72 Å². The second-order valence-electron chi connectivity index (χ2n) is 12.4. The van der Waals surface area contributed by atoms with Crippen molar-refractivity contribution in [1.82, 2.24) is 14.5 Å². The predicted molar refractivity (Wildman–Crippen MR) is 162 cm³/mol. The van der Waals surface area contributed by atoms with Gasteiger partial charge in [-0.3, -0.25) is 9.59 Å². The molecule has 0 aromatic heterocycles. The molecule has 0 saturated carbocycles. The van der Waals surface area contributed by atoms with E-state index in [0.717, 1.165) is 5.56 Å². The van der Waals surface area contributed by atoms with Gasteiger partial charge >= 0.3 is 18.4 Å². The summed E-state index contributed by atoms with van der Waals surface area (Å²) < 4.78 is 85.7. The first-order valence-corrected chi connectivity index (χ1v) is 16.6. The van der Waals surface area contributed by atoms with Crippen molar-refractivity contribution >= 4 is 34.0 Å². The van der Waals surface area contributed by atoms with Gasteiger partial charge in [-0.15, -0.1) is 0 Å². The molecule has 0 bridgehead atoms. The van der Waals surface area contributed by atoms with Crippen LogP contribution in [0.25, 0.3) is 0 Å². The predicted octanol–water partition coefficient (Wildman–Crippen LogP) is 5.21. The molecular formula is C32H38F3N3O8S. The summed E-state index contributed by atoms with van der Waals surface area (Å²) in [6, 6.07) is 8.90. The highest BCUT2D eigenvalue weighted by atomic mass is 32.2. The van der Waals surface area contributed by atoms with E-state index >= 15 is 13.2 Å². The van der Waals surface area contributed by atoms with Gasteiger partial charge in [0, 0.05) is 6.42 Å². The first kappa shape index (κ1) is 35.9. The molecule has 0 spiro atoms. The van der Waals surface area contributed by atoms with Crippen molar-refractivity contribution in [3.8, 4) is 0 Å². The Balaban J connectivity index is 1.91. The summed E-state index contributed by atoms with van der Waals surface area (Å²) in [6.07, 6.45) is -9.03. The third kappa shape index (κ3) is 7.78. The molecule has 0 aliphatic carbocycles. The number of halogens is 3. The second-order valence-corrected chi connectivity index (χ2v) is 14.2. The van der Waals surface area contributed by atoms with Crippen LogP contribution in [0, 0.1) is 30.6 Å². The maximum Gasteiger partial charge on any atom is 0.416 e. The first-order valence-electron chi connectivity index (χ1n) is 15.1. The van der Waals surface area contributed by atoms with Gasteiger partial charge in [0.1, 0.15) is 13.2 Å². The van der Waals surface area contributed by atoms with Gasteiger partial charge in [-0.1, -0.05) is 75.7 Å². The van der Waals surface area contributed by atoms with Crippen LogP contribution in [-0.2, 0) is 29.1 Å². The molecule has 47 heavy (non-hydrogen) atoms. The number of ether oxygens (including phenoxy) is 2. The number of hydrogen-bond donors (Lipinski definition) is 1. The molecule has 256 valence electrons. The number of imide groups is 2. The monoisotopic (exact) mass is 681 g/mol. The molecule has 2 aromatic rings. The zero-order valence-electron chi connectivity index (χ0n) is 26.6. The molecule has 2 aromatic carbocycles. The molecule has 2 heterocycles. The van der Waals surface area contributed by atoms with Crippen LogP contribution in [0.3, 0.4) is 0 Å². The van der Waals surface area contributed by atoms with E-state index in [1.807, 2.05) is 0 Å². The van der Waals surface area contributed by atoms with E-state index in [0.29, 0.717) is 9.80 Å². The van der Waals surface area contributed by atoms with E-state index in [1.165, 1.54) is 48.5 Å². The average Bonchev–Trinajstić information content (AvgIpc) is 3.58. The van der Waals surface area contributed by atoms with E-state index in [2.05, 4.69) is 4.72 Å². The number of sulfonamides is 1. The Hall–Kier alpha value is -3.98. The van der Waals surface area contributed by atoms with E-state index < -0.39 is 82.5 Å². The number of carbonyl (C=O) groups excluding carboxylic acids is 4. The molecule has 2 fully saturated rings. The van der Waals surface area contributed by atoms with Crippen molar-refractivity contribution in [3.63, 3.8) is 0 Å². The Labute approximate surface area is 271 Å². The zero-order chi connectivity index (χ0) is 34.8. The number of amides is 4. The number of aryl methyl sites for hydroxylation is 1. The molecule has 5 atom stereocenters. The highest BCUT2D eigenvalue weighted by Crippen LogP contribution is 2.44. The second kappa shape index (κ2) is 14.0. The van der Waals surface area contributed by atoms with Gasteiger partial charge in [0.25, 0.3) is 0 Å². The zero-order valence-corrected chi connectivity index (χ0v) is 27.4. The third-order valence-electron chi connectivity index (χ3n) is 8.52. The number of nitrogens with zero attached hydrogens (tertiary/aromatic N) is 2. The smallest absolute Gasteiger partial charge is 0.416 e. The third-order valence-corrected chi connectivity index (χ3v) is 9.98. The van der Waals surface area contributed by atoms with Crippen LogP contribution in [0.15, 0.2) is 59.5 Å². The Morgan fingerprint density at radius 3 is 1.89 bits per heavy atom. The molecule has 1 N–H and O–H groups in total. The SMILES string of the molecule is Cc1ccc(S(=O)(=O)NC(c2ccccc2)C(C(=O)N2C(=O)OC[C@@H]2C(C)C)C(CC(=O)N2C(=O)OC[C@@H]2C(C)C)C(F)(F)F)cc1. The normalized spacial score (nSPS) is 20.7. The van der Waals surface area contributed by atoms with E-state index in [-0.39, 0.29) is 29.6 Å². The van der Waals surface area contributed by atoms with Crippen LogP contribution in [0.1, 0.15) is 51.3 Å². The van der Waals surface area contributed by atoms with Gasteiger partial charge in [0.2, 0.25) is 21.8 Å². The van der Waals surface area contributed by atoms with Crippen molar-refractivity contribution in [2.75, 3.05) is 13.2 Å². The van der Waals surface area contributed by atoms with Gasteiger partial charge < -0.3 is 9.47 Å². The lowest BCUT2D eigenvalue weighted by molar-refractivity contribution is -0.200. The van der Waals surface area contributed by atoms with E-state index in [9.17, 15) is 27.6 Å². The molecule has 4 amide bonds. The molecule has 2 aliphatic heterocycles. The van der Waals surface area contributed by atoms with Gasteiger partial charge in [0.15, 0.2) is 0 Å². The number of nitrogens with one attached hydrogen (secondary N) is 1. The van der Waals surface area contributed by atoms with Crippen LogP contribution in [0.2, 0.25) is 0 Å². The van der Waals surface area contributed by atoms with Gasteiger partial charge in [-0.2, -0.15) is 13.2 Å². The number of alkyl halides is 3. The Morgan fingerprint density at radius 1 is 0.872 bits per heavy atom. The lowest BCUT2D eigenvalue weighted by Crippen LogP contribution is -2.54. The molecule has 0 radical (unpaired) electrons. The fraction of sp³-hybridized carbons (Fsp3) is 0.500. The van der Waals surface area contributed by atoms with Crippen LogP contribution in [-0.4, -0.2) is 73.7 Å². The molecule has 11 nitrogen and oxygen atoms in total. The first-order chi connectivity index (χ1) is 21.9. The van der Waals surface area contributed by atoms with E-state index in [1.54, 1.807) is 40.7 Å². The van der Waals surface area contributed by atoms with Crippen molar-refractivity contribution in [2.45, 2.75) is 70.2 Å². The summed E-state index contributed by atoms with van der Waals surface area (Å²) in [5, 5.41) is 0. The Morgan fingerprint density at radius 2 is 1.38 bits per heavy atom. The lowest BCUT2D eigenvalue weighted by Gasteiger charge is -2.37. The van der Waals surface area contributed by atoms with E-state index in [4.69, 9.17) is 9.47 Å². The number of hydrogen-bond acceptors (Lipinski definition) is 8. The quantitative estimate of drug-likeness (QED) is 0.341. The minimum atomic E-state index is -5.30. The highest BCUT2D eigenvalue weighted by Gasteiger charge is 2.56. The molecule has 3 unspecified atom stereocenters. The number of carbonyl (C=O) groups is 4. The molecule has 2 aliphatic rings. The van der Waals surface area contributed by atoms with Crippen molar-refractivity contribution in [2.24, 2.45) is 23.7 Å². The van der Waals surface area contributed by atoms with Crippen molar-refractivity contribution < 1.29 is 50.2 Å². The molecule has 4 rings (SSSR count). The minimum Gasteiger partial charge on any atom is -0.447 e. The number of benzene rings is 2. The van der Waals surface area contributed by atoms with Crippen LogP contribution >= 0.6 is 0 Å². The number of cyclic esters (lactones) is 2. The summed E-state index contributed by atoms with van der Waals surface area (Å²) in [7, 11) is -4.60. The Bertz CT molecular complexity index is 1580. The standard InChI is InChI=1S/C32H38F3N3O8S/c1-18(2)24-16-45-30(41)37(24)26(39)15-23(32(33,34)35)27(29(40)38-25(19(3)4)17-46-31(38)42)28(21-9-7-6-8-10-21)36-47(43,44)22-13-11-20(5)12-14-22/h6-14,18-19,23-25,27-28,36H,15-17H2,1-5H3/t23?,24-,25-,27?,28?/m1/s1. The fourth-order valence-corrected chi connectivity index (χ4v) is 7.04. The Kier molecular flexibility index (Phi) is 10.7. The summed E-state index contributed by atoms with van der Waals surface area (Å²) in [6.45, 7) is 7.83. The van der Waals surface area contributed by atoms with Crippen LogP contribution in [0.5, 0.6) is 0 Å². The maximum absolute atomic E-state index is 15.3. The summed E-state index contributed by atoms with van der Waals surface area (Å²) in [5.41, 5.74) is 0.692. The average molecular weight is 682 g/mol. The molecular weight excluding hydrogens is 643 g/mol.